The zero-order chi connectivity index (χ0) is 15.0. The Kier molecular flexibility index (Phi) is 3.88. The summed E-state index contributed by atoms with van der Waals surface area (Å²) in [6.45, 7) is 8.11. The molecule has 0 radical (unpaired) electrons. The van der Waals surface area contributed by atoms with Gasteiger partial charge in [0, 0.05) is 18.3 Å². The highest BCUT2D eigenvalue weighted by atomic mass is 19.2. The number of fused-ring (bicyclic) bond motifs is 1. The molecule has 0 fully saturated rings. The van der Waals surface area contributed by atoms with Crippen LogP contribution in [0.15, 0.2) is 6.07 Å². The second-order valence-corrected chi connectivity index (χ2v) is 5.05. The lowest BCUT2D eigenvalue weighted by molar-refractivity contribution is 0.453. The fourth-order valence-corrected chi connectivity index (χ4v) is 2.53. The van der Waals surface area contributed by atoms with Crippen LogP contribution in [-0.4, -0.2) is 11.5 Å². The van der Waals surface area contributed by atoms with Crippen molar-refractivity contribution >= 4 is 16.6 Å². The molecule has 0 aliphatic heterocycles. The first-order chi connectivity index (χ1) is 9.38. The van der Waals surface area contributed by atoms with Crippen molar-refractivity contribution in [1.29, 1.82) is 0 Å². The Morgan fingerprint density at radius 1 is 1.20 bits per heavy atom. The monoisotopic (exact) mass is 282 g/mol. The molecule has 0 saturated heterocycles. The van der Waals surface area contributed by atoms with Gasteiger partial charge in [-0.1, -0.05) is 13.8 Å². The van der Waals surface area contributed by atoms with E-state index >= 15 is 0 Å². The van der Waals surface area contributed by atoms with Crippen molar-refractivity contribution < 1.29 is 13.2 Å². The van der Waals surface area contributed by atoms with Gasteiger partial charge in [-0.2, -0.15) is 0 Å². The van der Waals surface area contributed by atoms with Gasteiger partial charge in [-0.15, -0.1) is 0 Å². The minimum atomic E-state index is -1.46. The Morgan fingerprint density at radius 2 is 1.85 bits per heavy atom. The second kappa shape index (κ2) is 5.31. The SMILES string of the molecule is CCNc1c(C(C)C)c(C)nc2cc(F)c(F)c(F)c12. The predicted octanol–water partition coefficient (Wildman–Crippen LogP) is 4.52. The van der Waals surface area contributed by atoms with E-state index in [1.807, 2.05) is 20.8 Å². The molecule has 0 saturated carbocycles. The molecule has 1 aromatic carbocycles. The maximum Gasteiger partial charge on any atom is 0.195 e. The minimum Gasteiger partial charge on any atom is -0.384 e. The van der Waals surface area contributed by atoms with Crippen LogP contribution in [0.3, 0.4) is 0 Å². The van der Waals surface area contributed by atoms with Crippen molar-refractivity contribution in [2.75, 3.05) is 11.9 Å². The Hall–Kier alpha value is -1.78. The number of aromatic nitrogens is 1. The van der Waals surface area contributed by atoms with Crippen LogP contribution in [0.1, 0.15) is 37.9 Å². The molecule has 0 bridgehead atoms. The molecule has 5 heteroatoms. The molecule has 2 nitrogen and oxygen atoms in total. The first-order valence-electron chi connectivity index (χ1n) is 6.60. The van der Waals surface area contributed by atoms with Gasteiger partial charge in [0.2, 0.25) is 0 Å². The molecule has 0 spiro atoms. The highest BCUT2D eigenvalue weighted by Gasteiger charge is 2.22. The van der Waals surface area contributed by atoms with Crippen molar-refractivity contribution in [2.24, 2.45) is 0 Å². The summed E-state index contributed by atoms with van der Waals surface area (Å²) >= 11 is 0. The molecule has 2 rings (SSSR count). The molecule has 1 N–H and O–H groups in total. The Balaban J connectivity index is 2.96. The lowest BCUT2D eigenvalue weighted by Crippen LogP contribution is -2.09. The predicted molar refractivity (Wildman–Crippen MR) is 74.6 cm³/mol. The zero-order valence-corrected chi connectivity index (χ0v) is 11.9. The molecule has 0 aliphatic rings. The van der Waals surface area contributed by atoms with Gasteiger partial charge in [-0.05, 0) is 25.3 Å². The maximum absolute atomic E-state index is 14.1. The van der Waals surface area contributed by atoms with E-state index in [1.165, 1.54) is 0 Å². The van der Waals surface area contributed by atoms with Crippen molar-refractivity contribution in [3.8, 4) is 0 Å². The van der Waals surface area contributed by atoms with E-state index in [-0.39, 0.29) is 16.8 Å². The van der Waals surface area contributed by atoms with Crippen LogP contribution in [0.2, 0.25) is 0 Å². The fourth-order valence-electron chi connectivity index (χ4n) is 2.53. The summed E-state index contributed by atoms with van der Waals surface area (Å²) in [6, 6.07) is 0.936. The number of halogens is 3. The summed E-state index contributed by atoms with van der Waals surface area (Å²) in [4.78, 5) is 4.22. The molecule has 1 heterocycles. The van der Waals surface area contributed by atoms with Crippen LogP contribution >= 0.6 is 0 Å². The molecular formula is C15H17F3N2. The number of nitrogens with one attached hydrogen (secondary N) is 1. The molecule has 2 aromatic rings. The van der Waals surface area contributed by atoms with Gasteiger partial charge in [0.1, 0.15) is 0 Å². The van der Waals surface area contributed by atoms with Gasteiger partial charge in [-0.3, -0.25) is 4.98 Å². The summed E-state index contributed by atoms with van der Waals surface area (Å²) in [5.41, 5.74) is 2.14. The molecular weight excluding hydrogens is 265 g/mol. The van der Waals surface area contributed by atoms with Gasteiger partial charge < -0.3 is 5.32 Å². The first kappa shape index (κ1) is 14.6. The molecule has 0 amide bonds. The zero-order valence-electron chi connectivity index (χ0n) is 11.9. The number of hydrogen-bond acceptors (Lipinski definition) is 2. The standard InChI is InChI=1S/C15H17F3N2/c1-5-19-15-11(7(2)3)8(4)20-10-6-9(16)13(17)14(18)12(10)15/h6-7H,5H2,1-4H3,(H,19,20). The quantitative estimate of drug-likeness (QED) is 0.837. The van der Waals surface area contributed by atoms with Gasteiger partial charge in [0.25, 0.3) is 0 Å². The smallest absolute Gasteiger partial charge is 0.195 e. The van der Waals surface area contributed by atoms with Gasteiger partial charge >= 0.3 is 0 Å². The Labute approximate surface area is 116 Å². The third-order valence-corrected chi connectivity index (χ3v) is 3.27. The van der Waals surface area contributed by atoms with Crippen molar-refractivity contribution in [1.82, 2.24) is 4.98 Å². The molecule has 0 atom stereocenters. The fraction of sp³-hybridized carbons (Fsp3) is 0.400. The number of anilines is 1. The lowest BCUT2D eigenvalue weighted by atomic mass is 9.96. The topological polar surface area (TPSA) is 24.9 Å². The number of hydrogen-bond donors (Lipinski definition) is 1. The number of rotatable bonds is 3. The van der Waals surface area contributed by atoms with Crippen molar-refractivity contribution in [3.05, 3.63) is 34.8 Å². The van der Waals surface area contributed by atoms with E-state index in [2.05, 4.69) is 10.3 Å². The average Bonchev–Trinajstić information content (AvgIpc) is 2.35. The minimum absolute atomic E-state index is 0.0139. The maximum atomic E-state index is 14.1. The molecule has 0 aliphatic carbocycles. The van der Waals surface area contributed by atoms with Crippen LogP contribution in [-0.2, 0) is 0 Å². The Bertz CT molecular complexity index is 666. The third-order valence-electron chi connectivity index (χ3n) is 3.27. The second-order valence-electron chi connectivity index (χ2n) is 5.05. The highest BCUT2D eigenvalue weighted by Crippen LogP contribution is 2.36. The molecule has 20 heavy (non-hydrogen) atoms. The van der Waals surface area contributed by atoms with E-state index in [0.29, 0.717) is 17.9 Å². The van der Waals surface area contributed by atoms with Crippen LogP contribution < -0.4 is 5.32 Å². The van der Waals surface area contributed by atoms with E-state index in [4.69, 9.17) is 0 Å². The van der Waals surface area contributed by atoms with E-state index in [0.717, 1.165) is 11.6 Å². The van der Waals surface area contributed by atoms with Crippen LogP contribution in [0.25, 0.3) is 10.9 Å². The third kappa shape index (κ3) is 2.21. The molecule has 0 unspecified atom stereocenters. The Morgan fingerprint density at radius 3 is 2.40 bits per heavy atom. The molecule has 108 valence electrons. The lowest BCUT2D eigenvalue weighted by Gasteiger charge is -2.19. The van der Waals surface area contributed by atoms with Crippen molar-refractivity contribution in [3.63, 3.8) is 0 Å². The number of aryl methyl sites for hydroxylation is 1. The number of nitrogens with zero attached hydrogens (tertiary/aromatic N) is 1. The van der Waals surface area contributed by atoms with Crippen LogP contribution in [0.5, 0.6) is 0 Å². The largest absolute Gasteiger partial charge is 0.384 e. The van der Waals surface area contributed by atoms with Gasteiger partial charge in [0.15, 0.2) is 17.5 Å². The van der Waals surface area contributed by atoms with E-state index in [1.54, 1.807) is 6.92 Å². The van der Waals surface area contributed by atoms with Crippen LogP contribution in [0, 0.1) is 24.4 Å². The van der Waals surface area contributed by atoms with Gasteiger partial charge in [0.05, 0.1) is 16.6 Å². The number of benzene rings is 1. The first-order valence-corrected chi connectivity index (χ1v) is 6.60. The normalized spacial score (nSPS) is 11.4. The van der Waals surface area contributed by atoms with Crippen LogP contribution in [0.4, 0.5) is 18.9 Å². The summed E-state index contributed by atoms with van der Waals surface area (Å²) < 4.78 is 41.0. The highest BCUT2D eigenvalue weighted by molar-refractivity contribution is 5.94. The average molecular weight is 282 g/mol. The summed E-state index contributed by atoms with van der Waals surface area (Å²) in [7, 11) is 0. The summed E-state index contributed by atoms with van der Waals surface area (Å²) in [6.07, 6.45) is 0. The van der Waals surface area contributed by atoms with Gasteiger partial charge in [-0.25, -0.2) is 13.2 Å². The number of pyridine rings is 1. The van der Waals surface area contributed by atoms with E-state index in [9.17, 15) is 13.2 Å². The summed E-state index contributed by atoms with van der Waals surface area (Å²) in [5.74, 6) is -3.78. The molecule has 1 aromatic heterocycles. The van der Waals surface area contributed by atoms with E-state index < -0.39 is 17.5 Å². The van der Waals surface area contributed by atoms with Crippen molar-refractivity contribution in [2.45, 2.75) is 33.6 Å². The summed E-state index contributed by atoms with van der Waals surface area (Å²) in [5, 5.41) is 3.07.